The zero-order valence-electron chi connectivity index (χ0n) is 11.8. The number of rotatable bonds is 3. The number of nitrogens with one attached hydrogen (secondary N) is 1. The van der Waals surface area contributed by atoms with E-state index in [0.29, 0.717) is 5.69 Å². The molecule has 1 heterocycles. The Hall–Kier alpha value is -3.62. The molecule has 0 aliphatic heterocycles. The molecule has 2 aromatic rings. The van der Waals surface area contributed by atoms with Crippen molar-refractivity contribution >= 4 is 5.69 Å². The van der Waals surface area contributed by atoms with Crippen LogP contribution in [0.4, 0.5) is 5.69 Å². The summed E-state index contributed by atoms with van der Waals surface area (Å²) < 4.78 is 0. The van der Waals surface area contributed by atoms with Gasteiger partial charge in [-0.1, -0.05) is 12.1 Å². The number of aryl methyl sites for hydroxylation is 1. The average molecular weight is 285 g/mol. The molecule has 0 aliphatic rings. The maximum absolute atomic E-state index is 9.00. The molecule has 1 N–H and O–H groups in total. The van der Waals surface area contributed by atoms with Crippen molar-refractivity contribution in [2.75, 3.05) is 5.32 Å². The summed E-state index contributed by atoms with van der Waals surface area (Å²) in [6, 6.07) is 16.4. The number of allylic oxidation sites excluding steroid dienone is 2. The van der Waals surface area contributed by atoms with Crippen molar-refractivity contribution in [3.63, 3.8) is 0 Å². The molecular weight excluding hydrogens is 274 g/mol. The Bertz CT molecular complexity index is 826. The topological polar surface area (TPSA) is 96.3 Å². The average Bonchev–Trinajstić information content (AvgIpc) is 2.55. The van der Waals surface area contributed by atoms with Crippen LogP contribution in [-0.4, -0.2) is 4.98 Å². The van der Waals surface area contributed by atoms with E-state index in [2.05, 4.69) is 10.3 Å². The highest BCUT2D eigenvalue weighted by Gasteiger charge is 2.06. The normalized spacial score (nSPS) is 9.00. The van der Waals surface area contributed by atoms with E-state index >= 15 is 0 Å². The monoisotopic (exact) mass is 285 g/mol. The van der Waals surface area contributed by atoms with E-state index in [1.165, 1.54) is 0 Å². The summed E-state index contributed by atoms with van der Waals surface area (Å²) in [5.41, 5.74) is 3.23. The second-order valence-corrected chi connectivity index (χ2v) is 4.51. The van der Waals surface area contributed by atoms with Gasteiger partial charge in [0.1, 0.15) is 23.9 Å². The minimum absolute atomic E-state index is 0.0635. The van der Waals surface area contributed by atoms with Crippen molar-refractivity contribution in [3.8, 4) is 29.5 Å². The van der Waals surface area contributed by atoms with Gasteiger partial charge >= 0.3 is 0 Å². The molecule has 1 aromatic carbocycles. The van der Waals surface area contributed by atoms with Crippen molar-refractivity contribution in [3.05, 3.63) is 59.4 Å². The Balaban J connectivity index is 2.28. The lowest BCUT2D eigenvalue weighted by molar-refractivity contribution is 1.28. The molecule has 2 rings (SSSR count). The number of nitrogens with zero attached hydrogens (tertiary/aromatic N) is 4. The molecule has 0 atom stereocenters. The van der Waals surface area contributed by atoms with E-state index in [1.54, 1.807) is 30.5 Å². The fourth-order valence-corrected chi connectivity index (χ4v) is 1.85. The Morgan fingerprint density at radius 2 is 1.68 bits per heavy atom. The molecule has 0 amide bonds. The summed E-state index contributed by atoms with van der Waals surface area (Å²) >= 11 is 0. The fraction of sp³-hybridized carbons (Fsp3) is 0.0588. The quantitative estimate of drug-likeness (QED) is 0.873. The van der Waals surface area contributed by atoms with E-state index in [-0.39, 0.29) is 11.3 Å². The molecule has 5 nitrogen and oxygen atoms in total. The first-order valence-electron chi connectivity index (χ1n) is 6.42. The fourth-order valence-electron chi connectivity index (χ4n) is 1.85. The van der Waals surface area contributed by atoms with Gasteiger partial charge in [-0.3, -0.25) is 4.98 Å². The molecule has 104 valence electrons. The van der Waals surface area contributed by atoms with Gasteiger partial charge in [-0.25, -0.2) is 0 Å². The molecule has 0 spiro atoms. The van der Waals surface area contributed by atoms with Crippen LogP contribution in [0, 0.1) is 40.9 Å². The number of hydrogen-bond acceptors (Lipinski definition) is 5. The third-order valence-electron chi connectivity index (χ3n) is 2.95. The highest BCUT2D eigenvalue weighted by molar-refractivity contribution is 5.65. The second-order valence-electron chi connectivity index (χ2n) is 4.51. The van der Waals surface area contributed by atoms with Crippen molar-refractivity contribution in [1.82, 2.24) is 4.98 Å². The number of pyridine rings is 1. The van der Waals surface area contributed by atoms with Crippen LogP contribution >= 0.6 is 0 Å². The van der Waals surface area contributed by atoms with Crippen LogP contribution in [0.15, 0.2) is 53.9 Å². The standard InChI is InChI=1S/C17H11N5/c1-12-6-7-21-16(8-12)13-2-4-15(5-3-13)22-17(11-20)14(9-18)10-19/h2-8,22H,1H3. The van der Waals surface area contributed by atoms with Gasteiger partial charge in [0.15, 0.2) is 5.57 Å². The third kappa shape index (κ3) is 3.28. The maximum Gasteiger partial charge on any atom is 0.163 e. The van der Waals surface area contributed by atoms with Gasteiger partial charge in [0, 0.05) is 17.4 Å². The highest BCUT2D eigenvalue weighted by Crippen LogP contribution is 2.21. The van der Waals surface area contributed by atoms with Crippen LogP contribution in [0.5, 0.6) is 0 Å². The zero-order valence-corrected chi connectivity index (χ0v) is 11.8. The highest BCUT2D eigenvalue weighted by atomic mass is 14.9. The summed E-state index contributed by atoms with van der Waals surface area (Å²) in [6.07, 6.45) is 1.75. The molecule has 0 saturated carbocycles. The maximum atomic E-state index is 9.00. The summed E-state index contributed by atoms with van der Waals surface area (Å²) in [5, 5.41) is 29.4. The lowest BCUT2D eigenvalue weighted by Crippen LogP contribution is -2.00. The lowest BCUT2D eigenvalue weighted by atomic mass is 10.1. The number of anilines is 1. The van der Waals surface area contributed by atoms with Crippen LogP contribution < -0.4 is 5.32 Å². The summed E-state index contributed by atoms with van der Waals surface area (Å²) in [6.45, 7) is 2.00. The third-order valence-corrected chi connectivity index (χ3v) is 2.95. The number of nitriles is 3. The van der Waals surface area contributed by atoms with E-state index in [0.717, 1.165) is 16.8 Å². The largest absolute Gasteiger partial charge is 0.345 e. The van der Waals surface area contributed by atoms with Crippen LogP contribution in [-0.2, 0) is 0 Å². The summed E-state index contributed by atoms with van der Waals surface area (Å²) in [7, 11) is 0. The van der Waals surface area contributed by atoms with E-state index in [9.17, 15) is 0 Å². The second kappa shape index (κ2) is 6.70. The van der Waals surface area contributed by atoms with E-state index in [1.807, 2.05) is 37.3 Å². The smallest absolute Gasteiger partial charge is 0.163 e. The summed E-state index contributed by atoms with van der Waals surface area (Å²) in [5.74, 6) is 0. The number of aromatic nitrogens is 1. The minimum Gasteiger partial charge on any atom is -0.345 e. The molecule has 0 radical (unpaired) electrons. The van der Waals surface area contributed by atoms with Gasteiger partial charge in [0.2, 0.25) is 0 Å². The van der Waals surface area contributed by atoms with E-state index < -0.39 is 0 Å². The molecule has 0 fully saturated rings. The van der Waals surface area contributed by atoms with Gasteiger partial charge < -0.3 is 5.32 Å². The molecule has 5 heteroatoms. The van der Waals surface area contributed by atoms with Gasteiger partial charge in [0.05, 0.1) is 5.69 Å². The first-order chi connectivity index (χ1) is 10.7. The molecule has 22 heavy (non-hydrogen) atoms. The predicted octanol–water partition coefficient (Wildman–Crippen LogP) is 3.29. The van der Waals surface area contributed by atoms with Gasteiger partial charge in [0.25, 0.3) is 0 Å². The molecule has 0 bridgehead atoms. The minimum atomic E-state index is -0.244. The zero-order chi connectivity index (χ0) is 15.9. The van der Waals surface area contributed by atoms with Gasteiger partial charge in [-0.15, -0.1) is 0 Å². The molecular formula is C17H11N5. The first kappa shape index (κ1) is 14.8. The lowest BCUT2D eigenvalue weighted by Gasteiger charge is -2.06. The Kier molecular flexibility index (Phi) is 4.50. The Morgan fingerprint density at radius 1 is 1.00 bits per heavy atom. The molecule has 1 aromatic heterocycles. The molecule has 0 aliphatic carbocycles. The Morgan fingerprint density at radius 3 is 2.23 bits per heavy atom. The number of benzene rings is 1. The van der Waals surface area contributed by atoms with Crippen molar-refractivity contribution in [2.45, 2.75) is 6.92 Å². The molecule has 0 unspecified atom stereocenters. The Labute approximate surface area is 128 Å². The number of hydrogen-bond donors (Lipinski definition) is 1. The molecule has 0 saturated heterocycles. The summed E-state index contributed by atoms with van der Waals surface area (Å²) in [4.78, 5) is 4.30. The first-order valence-corrected chi connectivity index (χ1v) is 6.42. The van der Waals surface area contributed by atoms with Crippen molar-refractivity contribution in [2.24, 2.45) is 0 Å². The van der Waals surface area contributed by atoms with Gasteiger partial charge in [-0.05, 0) is 36.8 Å². The van der Waals surface area contributed by atoms with Crippen LogP contribution in [0.2, 0.25) is 0 Å². The SMILES string of the molecule is Cc1ccnc(-c2ccc(NC(C#N)=C(C#N)C#N)cc2)c1. The van der Waals surface area contributed by atoms with Crippen LogP contribution in [0.25, 0.3) is 11.3 Å². The van der Waals surface area contributed by atoms with Crippen LogP contribution in [0.1, 0.15) is 5.56 Å². The van der Waals surface area contributed by atoms with Crippen molar-refractivity contribution in [1.29, 1.82) is 15.8 Å². The van der Waals surface area contributed by atoms with Gasteiger partial charge in [-0.2, -0.15) is 15.8 Å². The predicted molar refractivity (Wildman–Crippen MR) is 81.9 cm³/mol. The van der Waals surface area contributed by atoms with Crippen molar-refractivity contribution < 1.29 is 0 Å². The van der Waals surface area contributed by atoms with E-state index in [4.69, 9.17) is 15.8 Å². The van der Waals surface area contributed by atoms with Crippen LogP contribution in [0.3, 0.4) is 0 Å².